The monoisotopic (exact) mass is 556 g/mol. The maximum atomic E-state index is 13.8. The second-order valence-electron chi connectivity index (χ2n) is 8.65. The number of rotatable bonds is 5. The first-order valence-electron chi connectivity index (χ1n) is 12.2. The molecule has 0 aromatic heterocycles. The molecule has 9 nitrogen and oxygen atoms in total. The molecule has 0 radical (unpaired) electrons. The highest BCUT2D eigenvalue weighted by molar-refractivity contribution is 6.08. The van der Waals surface area contributed by atoms with E-state index in [0.717, 1.165) is 32.1 Å². The number of carboxylic acid groups (broad SMARTS) is 2. The van der Waals surface area contributed by atoms with Gasteiger partial charge in [-0.2, -0.15) is 13.2 Å². The molecular weight excluding hydrogens is 524 g/mol. The molecule has 1 saturated heterocycles. The van der Waals surface area contributed by atoms with Gasteiger partial charge in [0.1, 0.15) is 11.7 Å². The van der Waals surface area contributed by atoms with Gasteiger partial charge in [-0.1, -0.05) is 13.3 Å². The van der Waals surface area contributed by atoms with Gasteiger partial charge in [0.25, 0.3) is 0 Å². The topological polar surface area (TPSA) is 134 Å². The number of aliphatic hydroxyl groups is 1. The van der Waals surface area contributed by atoms with Crippen molar-refractivity contribution in [2.45, 2.75) is 44.8 Å². The van der Waals surface area contributed by atoms with Crippen LogP contribution in [0.3, 0.4) is 0 Å². The number of carboxylic acids is 2. The maximum Gasteiger partial charge on any atom is 0.416 e. The van der Waals surface area contributed by atoms with Crippen molar-refractivity contribution < 1.29 is 42.5 Å². The van der Waals surface area contributed by atoms with Gasteiger partial charge in [0, 0.05) is 50.1 Å². The Bertz CT molecular complexity index is 1160. The minimum Gasteiger partial charge on any atom is -0.481 e. The molecule has 214 valence electrons. The molecular formula is C26H32F4N4O5. The zero-order chi connectivity index (χ0) is 29.2. The molecule has 2 aromatic carbocycles. The quantitative estimate of drug-likeness (QED) is 0.338. The first-order chi connectivity index (χ1) is 18.5. The number of hydrogen-bond acceptors (Lipinski definition) is 7. The fraction of sp³-hybridized carbons (Fsp3) is 0.423. The van der Waals surface area contributed by atoms with Crippen molar-refractivity contribution in [3.8, 4) is 0 Å². The van der Waals surface area contributed by atoms with Crippen molar-refractivity contribution in [3.63, 3.8) is 0 Å². The normalized spacial score (nSPS) is 16.0. The second kappa shape index (κ2) is 14.4. The van der Waals surface area contributed by atoms with E-state index in [1.54, 1.807) is 6.07 Å². The minimum absolute atomic E-state index is 0.230. The van der Waals surface area contributed by atoms with Crippen molar-refractivity contribution in [2.24, 2.45) is 4.99 Å². The molecule has 1 atom stereocenters. The standard InChI is InChI=1S/C21H22F4N4.C4H6O4.CH4O/c1-2-3-15-12-29(9-8-26-15)20-16-10-13(21(23,24)25)4-6-17(16)27-18-7-5-14(22)11-19(18)28-20;5-3(6)1-2-4(7)8;1-2/h4-7,10-11,15,26-27H,2-3,8-9,12H2,1H3;1-2H2,(H,5,6)(H,7,8);2H,1H3/t15-;;/m0../s1. The Labute approximate surface area is 223 Å². The van der Waals surface area contributed by atoms with E-state index in [4.69, 9.17) is 15.3 Å². The number of nitrogens with zero attached hydrogens (tertiary/aromatic N) is 2. The summed E-state index contributed by atoms with van der Waals surface area (Å²) in [7, 11) is 1.00. The van der Waals surface area contributed by atoms with E-state index in [1.165, 1.54) is 18.2 Å². The molecule has 39 heavy (non-hydrogen) atoms. The molecule has 0 unspecified atom stereocenters. The lowest BCUT2D eigenvalue weighted by Gasteiger charge is -2.36. The summed E-state index contributed by atoms with van der Waals surface area (Å²) in [5.74, 6) is -2.16. The highest BCUT2D eigenvalue weighted by Crippen LogP contribution is 2.38. The Morgan fingerprint density at radius 3 is 2.28 bits per heavy atom. The van der Waals surface area contributed by atoms with Crippen LogP contribution >= 0.6 is 0 Å². The predicted molar refractivity (Wildman–Crippen MR) is 138 cm³/mol. The van der Waals surface area contributed by atoms with E-state index < -0.39 is 29.5 Å². The summed E-state index contributed by atoms with van der Waals surface area (Å²) in [4.78, 5) is 25.9. The summed E-state index contributed by atoms with van der Waals surface area (Å²) in [6, 6.07) is 7.97. The lowest BCUT2D eigenvalue weighted by atomic mass is 10.0. The molecule has 0 saturated carbocycles. The summed E-state index contributed by atoms with van der Waals surface area (Å²) < 4.78 is 54.0. The first-order valence-corrected chi connectivity index (χ1v) is 12.2. The average Bonchev–Trinajstić information content (AvgIpc) is 3.05. The fourth-order valence-electron chi connectivity index (χ4n) is 4.05. The summed E-state index contributed by atoms with van der Waals surface area (Å²) in [6.45, 7) is 4.05. The number of anilines is 2. The maximum absolute atomic E-state index is 13.8. The number of carbonyl (C=O) groups is 2. The molecule has 0 bridgehead atoms. The van der Waals surface area contributed by atoms with Crippen LogP contribution in [-0.2, 0) is 15.8 Å². The number of alkyl halides is 3. The van der Waals surface area contributed by atoms with E-state index in [2.05, 4.69) is 22.5 Å². The van der Waals surface area contributed by atoms with Gasteiger partial charge in [-0.25, -0.2) is 9.38 Å². The summed E-state index contributed by atoms with van der Waals surface area (Å²) >= 11 is 0. The molecule has 0 aliphatic carbocycles. The fourth-order valence-corrected chi connectivity index (χ4v) is 4.05. The number of fused-ring (bicyclic) bond motifs is 2. The third-order valence-electron chi connectivity index (χ3n) is 5.79. The summed E-state index contributed by atoms with van der Waals surface area (Å²) in [5.41, 5.74) is 1.09. The molecule has 5 N–H and O–H groups in total. The van der Waals surface area contributed by atoms with E-state index in [0.29, 0.717) is 48.1 Å². The number of hydrogen-bond donors (Lipinski definition) is 5. The Balaban J connectivity index is 0.000000460. The van der Waals surface area contributed by atoms with E-state index in [9.17, 15) is 27.2 Å². The number of piperazine rings is 1. The van der Waals surface area contributed by atoms with Crippen LogP contribution in [0.25, 0.3) is 0 Å². The molecule has 2 aromatic rings. The van der Waals surface area contributed by atoms with Crippen LogP contribution in [-0.4, -0.2) is 70.8 Å². The van der Waals surface area contributed by atoms with Gasteiger partial charge in [-0.05, 0) is 36.8 Å². The number of benzene rings is 2. The van der Waals surface area contributed by atoms with Gasteiger partial charge >= 0.3 is 18.1 Å². The molecule has 2 heterocycles. The second-order valence-corrected chi connectivity index (χ2v) is 8.65. The number of amidine groups is 1. The zero-order valence-electron chi connectivity index (χ0n) is 21.6. The third kappa shape index (κ3) is 9.21. The van der Waals surface area contributed by atoms with Crippen LogP contribution in [0.1, 0.15) is 43.7 Å². The van der Waals surface area contributed by atoms with E-state index >= 15 is 0 Å². The molecule has 2 aliphatic heterocycles. The SMILES string of the molecule is CCC[C@H]1CN(C2=Nc3cc(F)ccc3Nc3ccc(C(F)(F)F)cc32)CCN1.CO.O=C(O)CCC(=O)O. The first kappa shape index (κ1) is 31.5. The smallest absolute Gasteiger partial charge is 0.416 e. The highest BCUT2D eigenvalue weighted by atomic mass is 19.4. The largest absolute Gasteiger partial charge is 0.481 e. The lowest BCUT2D eigenvalue weighted by Crippen LogP contribution is -2.52. The average molecular weight is 557 g/mol. The van der Waals surface area contributed by atoms with Crippen molar-refractivity contribution >= 4 is 34.8 Å². The van der Waals surface area contributed by atoms with Gasteiger partial charge in [0.2, 0.25) is 0 Å². The van der Waals surface area contributed by atoms with Crippen molar-refractivity contribution in [2.75, 3.05) is 32.1 Å². The van der Waals surface area contributed by atoms with Crippen LogP contribution in [0, 0.1) is 5.82 Å². The van der Waals surface area contributed by atoms with E-state index in [1.807, 2.05) is 4.90 Å². The van der Waals surface area contributed by atoms with Crippen molar-refractivity contribution in [1.82, 2.24) is 10.2 Å². The van der Waals surface area contributed by atoms with Gasteiger partial charge in [-0.3, -0.25) is 9.59 Å². The Kier molecular flexibility index (Phi) is 11.7. The number of halogens is 4. The molecule has 13 heteroatoms. The Morgan fingerprint density at radius 1 is 1.05 bits per heavy atom. The van der Waals surface area contributed by atoms with Gasteiger partial charge in [-0.15, -0.1) is 0 Å². The summed E-state index contributed by atoms with van der Waals surface area (Å²) in [5, 5.41) is 29.4. The van der Waals surface area contributed by atoms with E-state index in [-0.39, 0.29) is 18.9 Å². The van der Waals surface area contributed by atoms with Crippen LogP contribution in [0.4, 0.5) is 34.6 Å². The molecule has 4 rings (SSSR count). The van der Waals surface area contributed by atoms with Crippen LogP contribution in [0.2, 0.25) is 0 Å². The van der Waals surface area contributed by atoms with Crippen LogP contribution in [0.5, 0.6) is 0 Å². The van der Waals surface area contributed by atoms with Crippen LogP contribution in [0.15, 0.2) is 41.4 Å². The third-order valence-corrected chi connectivity index (χ3v) is 5.79. The number of aliphatic imine (C=N–C) groups is 1. The predicted octanol–water partition coefficient (Wildman–Crippen LogP) is 4.60. The van der Waals surface area contributed by atoms with Gasteiger partial charge in [0.15, 0.2) is 0 Å². The highest BCUT2D eigenvalue weighted by Gasteiger charge is 2.33. The van der Waals surface area contributed by atoms with Crippen molar-refractivity contribution in [3.05, 3.63) is 53.3 Å². The van der Waals surface area contributed by atoms with Gasteiger partial charge < -0.3 is 30.9 Å². The lowest BCUT2D eigenvalue weighted by molar-refractivity contribution is -0.143. The molecule has 0 spiro atoms. The number of nitrogens with one attached hydrogen (secondary N) is 2. The number of aliphatic carboxylic acids is 2. The zero-order valence-corrected chi connectivity index (χ0v) is 21.6. The van der Waals surface area contributed by atoms with Crippen LogP contribution < -0.4 is 10.6 Å². The Hall–Kier alpha value is -3.71. The Morgan fingerprint density at radius 2 is 1.69 bits per heavy atom. The molecule has 2 aliphatic rings. The number of aliphatic hydroxyl groups excluding tert-OH is 1. The summed E-state index contributed by atoms with van der Waals surface area (Å²) in [6.07, 6.45) is -3.09. The van der Waals surface area contributed by atoms with Gasteiger partial charge in [0.05, 0.1) is 29.8 Å². The van der Waals surface area contributed by atoms with Crippen molar-refractivity contribution in [1.29, 1.82) is 0 Å². The molecule has 0 amide bonds. The minimum atomic E-state index is -4.46. The molecule has 1 fully saturated rings.